The van der Waals surface area contributed by atoms with E-state index in [-0.39, 0.29) is 4.90 Å². The van der Waals surface area contributed by atoms with E-state index in [0.29, 0.717) is 30.4 Å². The highest BCUT2D eigenvalue weighted by Crippen LogP contribution is 2.30. The van der Waals surface area contributed by atoms with Gasteiger partial charge in [0.25, 0.3) is 5.69 Å². The van der Waals surface area contributed by atoms with E-state index in [0.717, 1.165) is 0 Å². The first-order chi connectivity index (χ1) is 10.6. The van der Waals surface area contributed by atoms with Crippen molar-refractivity contribution in [3.8, 4) is 0 Å². The zero-order valence-electron chi connectivity index (χ0n) is 12.9. The second kappa shape index (κ2) is 6.25. The molecule has 1 aliphatic rings. The van der Waals surface area contributed by atoms with E-state index < -0.39 is 38.5 Å². The number of sulfonamides is 1. The van der Waals surface area contributed by atoms with E-state index in [4.69, 9.17) is 5.73 Å². The number of nitro groups is 1. The van der Waals surface area contributed by atoms with Gasteiger partial charge in [-0.2, -0.15) is 0 Å². The maximum atomic E-state index is 12.6. The van der Waals surface area contributed by atoms with Crippen LogP contribution in [0.5, 0.6) is 0 Å². The fourth-order valence-corrected chi connectivity index (χ4v) is 4.39. The lowest BCUT2D eigenvalue weighted by molar-refractivity contribution is -0.387. The zero-order valence-corrected chi connectivity index (χ0v) is 13.7. The third-order valence-corrected chi connectivity index (χ3v) is 5.77. The predicted octanol–water partition coefficient (Wildman–Crippen LogP) is 1.14. The van der Waals surface area contributed by atoms with Crippen molar-refractivity contribution in [1.29, 1.82) is 0 Å². The number of nitrogens with two attached hydrogens (primary N) is 1. The summed E-state index contributed by atoms with van der Waals surface area (Å²) in [5, 5.41) is 11.2. The fourth-order valence-electron chi connectivity index (χ4n) is 2.84. The van der Waals surface area contributed by atoms with Crippen LogP contribution in [0.1, 0.15) is 30.4 Å². The smallest absolute Gasteiger partial charge is 0.289 e. The Bertz CT molecular complexity index is 760. The van der Waals surface area contributed by atoms with Crippen molar-refractivity contribution in [2.45, 2.75) is 44.0 Å². The number of primary amides is 1. The van der Waals surface area contributed by atoms with Gasteiger partial charge in [-0.15, -0.1) is 0 Å². The highest BCUT2D eigenvalue weighted by molar-refractivity contribution is 7.89. The Kier molecular flexibility index (Phi) is 4.71. The molecular weight excluding hydrogens is 322 g/mol. The largest absolute Gasteiger partial charge is 0.369 e. The molecule has 0 aromatic heterocycles. The Morgan fingerprint density at radius 2 is 1.91 bits per heavy atom. The Labute approximate surface area is 134 Å². The number of carbonyl (C=O) groups is 1. The van der Waals surface area contributed by atoms with Crippen LogP contribution in [-0.4, -0.2) is 25.3 Å². The van der Waals surface area contributed by atoms with E-state index in [1.54, 1.807) is 13.8 Å². The molecule has 1 aromatic carbocycles. The lowest BCUT2D eigenvalue weighted by atomic mass is 10.0. The van der Waals surface area contributed by atoms with Crippen molar-refractivity contribution in [2.24, 2.45) is 11.7 Å². The number of aryl methyl sites for hydroxylation is 2. The number of hydrogen-bond acceptors (Lipinski definition) is 5. The summed E-state index contributed by atoms with van der Waals surface area (Å²) in [5.74, 6) is -1.15. The van der Waals surface area contributed by atoms with Crippen molar-refractivity contribution >= 4 is 21.6 Å². The minimum Gasteiger partial charge on any atom is -0.369 e. The quantitative estimate of drug-likeness (QED) is 0.612. The average molecular weight is 341 g/mol. The minimum absolute atomic E-state index is 0.388. The lowest BCUT2D eigenvalue weighted by Gasteiger charge is -2.18. The number of benzene rings is 1. The standard InChI is InChI=1S/C14H19N3O5S/c1-8-6-12(17(19)20)13(7-9(8)2)23(21,22)16-11-5-3-4-10(11)14(15)18/h6-7,10-11,16H,3-5H2,1-2H3,(H2,15,18)/t10-,11-/m0/s1. The monoisotopic (exact) mass is 341 g/mol. The SMILES string of the molecule is Cc1cc([N+](=O)[O-])c(S(=O)(=O)N[C@H]2CCC[C@@H]2C(N)=O)cc1C. The number of nitro benzene ring substituents is 1. The van der Waals surface area contributed by atoms with E-state index in [1.807, 2.05) is 0 Å². The van der Waals surface area contributed by atoms with Crippen molar-refractivity contribution in [1.82, 2.24) is 4.72 Å². The molecule has 1 aromatic rings. The molecule has 126 valence electrons. The normalized spacial score (nSPS) is 21.3. The zero-order chi connectivity index (χ0) is 17.4. The number of nitrogens with one attached hydrogen (secondary N) is 1. The van der Waals surface area contributed by atoms with E-state index in [1.165, 1.54) is 12.1 Å². The Hall–Kier alpha value is -2.00. The first-order valence-corrected chi connectivity index (χ1v) is 8.69. The van der Waals surface area contributed by atoms with E-state index in [9.17, 15) is 23.3 Å². The molecular formula is C14H19N3O5S. The summed E-state index contributed by atoms with van der Waals surface area (Å²) in [6.45, 7) is 3.35. The maximum absolute atomic E-state index is 12.6. The first kappa shape index (κ1) is 17.4. The van der Waals surface area contributed by atoms with Crippen LogP contribution in [0.3, 0.4) is 0 Å². The molecule has 0 aliphatic heterocycles. The summed E-state index contributed by atoms with van der Waals surface area (Å²) in [6.07, 6.45) is 1.67. The molecule has 0 radical (unpaired) electrons. The van der Waals surface area contributed by atoms with Gasteiger partial charge >= 0.3 is 0 Å². The van der Waals surface area contributed by atoms with Crippen molar-refractivity contribution in [3.05, 3.63) is 33.4 Å². The molecule has 1 amide bonds. The summed E-state index contributed by atoms with van der Waals surface area (Å²) < 4.78 is 27.6. The molecule has 0 heterocycles. The van der Waals surface area contributed by atoms with Gasteiger partial charge in [0.15, 0.2) is 4.90 Å². The molecule has 1 fully saturated rings. The van der Waals surface area contributed by atoms with Crippen LogP contribution in [-0.2, 0) is 14.8 Å². The first-order valence-electron chi connectivity index (χ1n) is 7.21. The van der Waals surface area contributed by atoms with Gasteiger partial charge in [0.2, 0.25) is 15.9 Å². The van der Waals surface area contributed by atoms with Gasteiger partial charge in [-0.3, -0.25) is 14.9 Å². The molecule has 23 heavy (non-hydrogen) atoms. The second-order valence-corrected chi connectivity index (χ2v) is 7.51. The summed E-state index contributed by atoms with van der Waals surface area (Å²) in [4.78, 5) is 21.5. The molecule has 0 saturated heterocycles. The number of hydrogen-bond donors (Lipinski definition) is 2. The maximum Gasteiger partial charge on any atom is 0.289 e. The molecule has 9 heteroatoms. The fraction of sp³-hybridized carbons (Fsp3) is 0.500. The summed E-state index contributed by atoms with van der Waals surface area (Å²) in [7, 11) is -4.12. The molecule has 0 spiro atoms. The van der Waals surface area contributed by atoms with Gasteiger partial charge in [0, 0.05) is 12.1 Å². The van der Waals surface area contributed by atoms with Crippen molar-refractivity contribution in [2.75, 3.05) is 0 Å². The van der Waals surface area contributed by atoms with Crippen LogP contribution in [0.15, 0.2) is 17.0 Å². The predicted molar refractivity (Wildman–Crippen MR) is 83.2 cm³/mol. The van der Waals surface area contributed by atoms with Gasteiger partial charge < -0.3 is 5.73 Å². The van der Waals surface area contributed by atoms with Crippen molar-refractivity contribution < 1.29 is 18.1 Å². The minimum atomic E-state index is -4.12. The second-order valence-electron chi connectivity index (χ2n) is 5.83. The molecule has 0 unspecified atom stereocenters. The molecule has 2 rings (SSSR count). The number of rotatable bonds is 5. The van der Waals surface area contributed by atoms with Gasteiger partial charge in [-0.25, -0.2) is 13.1 Å². The molecule has 2 atom stereocenters. The Morgan fingerprint density at radius 3 is 2.48 bits per heavy atom. The third kappa shape index (κ3) is 3.50. The number of nitrogens with zero attached hydrogens (tertiary/aromatic N) is 1. The molecule has 3 N–H and O–H groups in total. The van der Waals surface area contributed by atoms with Crippen LogP contribution >= 0.6 is 0 Å². The summed E-state index contributed by atoms with van der Waals surface area (Å²) in [6, 6.07) is 1.90. The molecule has 0 bridgehead atoms. The van der Waals surface area contributed by atoms with Gasteiger partial charge in [0.1, 0.15) is 0 Å². The van der Waals surface area contributed by atoms with Gasteiger partial charge in [-0.05, 0) is 43.9 Å². The average Bonchev–Trinajstić information content (AvgIpc) is 2.88. The highest BCUT2D eigenvalue weighted by Gasteiger charge is 2.36. The molecule has 1 saturated carbocycles. The van der Waals surface area contributed by atoms with E-state index in [2.05, 4.69) is 4.72 Å². The van der Waals surface area contributed by atoms with Gasteiger partial charge in [-0.1, -0.05) is 6.42 Å². The van der Waals surface area contributed by atoms with Crippen LogP contribution < -0.4 is 10.5 Å². The summed E-state index contributed by atoms with van der Waals surface area (Å²) >= 11 is 0. The van der Waals surface area contributed by atoms with Gasteiger partial charge in [0.05, 0.1) is 10.8 Å². The van der Waals surface area contributed by atoms with Crippen LogP contribution in [0.4, 0.5) is 5.69 Å². The topological polar surface area (TPSA) is 132 Å². The van der Waals surface area contributed by atoms with Crippen LogP contribution in [0, 0.1) is 29.9 Å². The lowest BCUT2D eigenvalue weighted by Crippen LogP contribution is -2.42. The van der Waals surface area contributed by atoms with Crippen LogP contribution in [0.25, 0.3) is 0 Å². The number of carbonyl (C=O) groups excluding carboxylic acids is 1. The van der Waals surface area contributed by atoms with Crippen molar-refractivity contribution in [3.63, 3.8) is 0 Å². The van der Waals surface area contributed by atoms with Crippen LogP contribution in [0.2, 0.25) is 0 Å². The highest BCUT2D eigenvalue weighted by atomic mass is 32.2. The molecule has 1 aliphatic carbocycles. The Morgan fingerprint density at radius 1 is 1.30 bits per heavy atom. The van der Waals surface area contributed by atoms with E-state index >= 15 is 0 Å². The Balaban J connectivity index is 2.42. The molecule has 8 nitrogen and oxygen atoms in total. The number of amides is 1. The summed E-state index contributed by atoms with van der Waals surface area (Å²) in [5.41, 5.74) is 6.07. The third-order valence-electron chi connectivity index (χ3n) is 4.25.